The maximum absolute atomic E-state index is 5.30. The summed E-state index contributed by atoms with van der Waals surface area (Å²) in [5, 5.41) is 0. The minimum atomic E-state index is 0.652. The summed E-state index contributed by atoms with van der Waals surface area (Å²) in [7, 11) is 0. The summed E-state index contributed by atoms with van der Waals surface area (Å²) in [6.07, 6.45) is 0. The van der Waals surface area contributed by atoms with Crippen LogP contribution in [0.4, 0.5) is 0 Å². The van der Waals surface area contributed by atoms with Crippen molar-refractivity contribution in [1.82, 2.24) is 0 Å². The second-order valence-electron chi connectivity index (χ2n) is 1.75. The summed E-state index contributed by atoms with van der Waals surface area (Å²) < 4.78 is 6.25. The zero-order chi connectivity index (χ0) is 6.53. The Bertz CT molecular complexity index is 162. The average molecular weight is 224 g/mol. The number of hydrogen-bond donors (Lipinski definition) is 0. The van der Waals surface area contributed by atoms with Gasteiger partial charge in [0.1, 0.15) is 0 Å². The molecule has 2 heteroatoms. The first-order valence-corrected chi connectivity index (χ1v) is 7.15. The van der Waals surface area contributed by atoms with Gasteiger partial charge in [0.25, 0.3) is 0 Å². The number of ether oxygens (including phenoxy) is 1. The molecule has 0 saturated heterocycles. The molecule has 0 unspecified atom stereocenters. The normalized spacial score (nSPS) is 8.89. The first-order chi connectivity index (χ1) is 4.43. The molecule has 0 bridgehead atoms. The summed E-state index contributed by atoms with van der Waals surface area (Å²) >= 11 is 0.652. The first kappa shape index (κ1) is 7.00. The van der Waals surface area contributed by atoms with Crippen LogP contribution in [0, 0.1) is 0 Å². The van der Waals surface area contributed by atoms with E-state index < -0.39 is 0 Å². The summed E-state index contributed by atoms with van der Waals surface area (Å²) in [6, 6.07) is 9.93. The van der Waals surface area contributed by atoms with Crippen LogP contribution in [-0.2, 0) is 0 Å². The Labute approximate surface area is 69.6 Å². The zero-order valence-corrected chi connectivity index (χ0v) is 11.2. The van der Waals surface area contributed by atoms with Crippen LogP contribution in [0.25, 0.3) is 0 Å². The fraction of sp³-hybridized carbons (Fsp3) is 0.143. The molecule has 0 atom stereocenters. The van der Waals surface area contributed by atoms with Crippen molar-refractivity contribution in [3.63, 3.8) is 0 Å². The van der Waals surface area contributed by atoms with Gasteiger partial charge in [0.05, 0.1) is 0 Å². The number of benzene rings is 1. The third-order valence-electron chi connectivity index (χ3n) is 1.05. The van der Waals surface area contributed by atoms with Crippen molar-refractivity contribution in [2.45, 2.75) is 0 Å². The monoisotopic (exact) mass is 224 g/mol. The molecule has 0 N–H and O–H groups in total. The minimum absolute atomic E-state index is 0.652. The van der Waals surface area contributed by atoms with Crippen LogP contribution in [0.5, 0.6) is 5.75 Å². The molecule has 0 radical (unpaired) electrons. The van der Waals surface area contributed by atoms with Crippen molar-refractivity contribution in [3.8, 4) is 5.75 Å². The summed E-state index contributed by atoms with van der Waals surface area (Å²) in [5.74, 6) is 0.997. The van der Waals surface area contributed by atoms with Crippen LogP contribution in [-0.4, -0.2) is 28.7 Å². The molecule has 46 valence electrons. The summed E-state index contributed by atoms with van der Waals surface area (Å²) in [6.45, 7) is 0. The van der Waals surface area contributed by atoms with Gasteiger partial charge in [0, 0.05) is 0 Å². The van der Waals surface area contributed by atoms with Gasteiger partial charge in [-0.2, -0.15) is 0 Å². The van der Waals surface area contributed by atoms with Crippen molar-refractivity contribution in [3.05, 3.63) is 30.3 Å². The van der Waals surface area contributed by atoms with Gasteiger partial charge < -0.3 is 0 Å². The van der Waals surface area contributed by atoms with Crippen LogP contribution in [0.15, 0.2) is 30.3 Å². The van der Waals surface area contributed by atoms with E-state index in [2.05, 4.69) is 0 Å². The van der Waals surface area contributed by atoms with Gasteiger partial charge in [-0.05, 0) is 0 Å². The Morgan fingerprint density at radius 2 is 1.89 bits per heavy atom. The van der Waals surface area contributed by atoms with E-state index in [1.807, 2.05) is 30.3 Å². The number of para-hydroxylation sites is 1. The molecule has 0 aliphatic heterocycles. The van der Waals surface area contributed by atoms with E-state index in [-0.39, 0.29) is 0 Å². The third kappa shape index (κ3) is 2.31. The second kappa shape index (κ2) is 3.83. The Kier molecular flexibility index (Phi) is 2.98. The Balaban J connectivity index is 2.61. The molecule has 9 heavy (non-hydrogen) atoms. The van der Waals surface area contributed by atoms with Gasteiger partial charge in [-0.15, -0.1) is 0 Å². The molecule has 1 nitrogen and oxygen atoms in total. The van der Waals surface area contributed by atoms with E-state index in [9.17, 15) is 0 Å². The molecule has 0 saturated carbocycles. The Hall–Kier alpha value is -0.110. The molecule has 1 rings (SSSR count). The molecule has 1 aromatic rings. The Morgan fingerprint density at radius 1 is 1.22 bits per heavy atom. The molecule has 0 heterocycles. The second-order valence-corrected chi connectivity index (χ2v) is 3.39. The van der Waals surface area contributed by atoms with E-state index in [0.717, 1.165) is 10.1 Å². The molecule has 0 spiro atoms. The van der Waals surface area contributed by atoms with Crippen LogP contribution >= 0.6 is 0 Å². The quantitative estimate of drug-likeness (QED) is 0.716. The fourth-order valence-electron chi connectivity index (χ4n) is 0.683. The average Bonchev–Trinajstić information content (AvgIpc) is 1.91. The van der Waals surface area contributed by atoms with Crippen molar-refractivity contribution in [2.24, 2.45) is 0 Å². The van der Waals surface area contributed by atoms with Crippen molar-refractivity contribution in [1.29, 1.82) is 0 Å². The predicted octanol–water partition coefficient (Wildman–Crippen LogP) is 0.656. The van der Waals surface area contributed by atoms with E-state index in [1.54, 1.807) is 0 Å². The summed E-state index contributed by atoms with van der Waals surface area (Å²) in [5.41, 5.74) is 0. The standard InChI is InChI=1S/C7H7O.In.2H/c1-8-7-5-3-2-4-6-7;;;/h2-6H,1H2;;;. The SMILES string of the molecule is [InH2][CH2]Oc1ccccc1. The maximum atomic E-state index is 5.30. The van der Waals surface area contributed by atoms with Crippen molar-refractivity contribution < 1.29 is 4.74 Å². The van der Waals surface area contributed by atoms with Gasteiger partial charge in [0.15, 0.2) is 0 Å². The van der Waals surface area contributed by atoms with Crippen LogP contribution in [0.3, 0.4) is 0 Å². The van der Waals surface area contributed by atoms with Gasteiger partial charge in [0.2, 0.25) is 0 Å². The van der Waals surface area contributed by atoms with E-state index >= 15 is 0 Å². The van der Waals surface area contributed by atoms with Crippen molar-refractivity contribution in [2.75, 3.05) is 4.36 Å². The van der Waals surface area contributed by atoms with Gasteiger partial charge in [-0.25, -0.2) is 0 Å². The van der Waals surface area contributed by atoms with Crippen LogP contribution in [0.2, 0.25) is 0 Å². The number of rotatable bonds is 2. The molecule has 0 aliphatic rings. The van der Waals surface area contributed by atoms with E-state index in [0.29, 0.717) is 24.4 Å². The van der Waals surface area contributed by atoms with Gasteiger partial charge in [-0.1, -0.05) is 0 Å². The van der Waals surface area contributed by atoms with Crippen LogP contribution < -0.4 is 4.74 Å². The van der Waals surface area contributed by atoms with Gasteiger partial charge in [-0.3, -0.25) is 0 Å². The molecule has 1 aromatic carbocycles. The molecule has 0 aromatic heterocycles. The first-order valence-electron chi connectivity index (χ1n) is 3.11. The van der Waals surface area contributed by atoms with Crippen LogP contribution in [0.1, 0.15) is 0 Å². The van der Waals surface area contributed by atoms with Gasteiger partial charge >= 0.3 is 69.6 Å². The molecular weight excluding hydrogens is 215 g/mol. The van der Waals surface area contributed by atoms with E-state index in [1.165, 1.54) is 0 Å². The molecule has 0 amide bonds. The topological polar surface area (TPSA) is 9.23 Å². The zero-order valence-electron chi connectivity index (χ0n) is 5.50. The fourth-order valence-corrected chi connectivity index (χ4v) is 1.63. The number of hydrogen-bond acceptors (Lipinski definition) is 1. The van der Waals surface area contributed by atoms with Crippen molar-refractivity contribution >= 4 is 24.4 Å². The molecule has 0 fully saturated rings. The summed E-state index contributed by atoms with van der Waals surface area (Å²) in [4.78, 5) is 0. The predicted molar refractivity (Wildman–Crippen MR) is 40.5 cm³/mol. The van der Waals surface area contributed by atoms with E-state index in [4.69, 9.17) is 4.74 Å². The third-order valence-corrected chi connectivity index (χ3v) is 1.88. The molecular formula is C7H9InO. The molecule has 0 aliphatic carbocycles. The Morgan fingerprint density at radius 3 is 2.44 bits per heavy atom.